The van der Waals surface area contributed by atoms with Gasteiger partial charge in [-0.15, -0.1) is 0 Å². The number of nitrogens with one attached hydrogen (secondary N) is 1. The van der Waals surface area contributed by atoms with Gasteiger partial charge in [0.05, 0.1) is 12.2 Å². The second-order valence-electron chi connectivity index (χ2n) is 7.10. The summed E-state index contributed by atoms with van der Waals surface area (Å²) in [5.41, 5.74) is 3.30. The Labute approximate surface area is 177 Å². The number of nitrogens with zero attached hydrogens (tertiary/aromatic N) is 3. The highest BCUT2D eigenvalue weighted by molar-refractivity contribution is 5.62. The first-order chi connectivity index (χ1) is 14.9. The van der Waals surface area contributed by atoms with Crippen molar-refractivity contribution in [2.24, 2.45) is 0 Å². The molecule has 0 amide bonds. The van der Waals surface area contributed by atoms with Crippen LogP contribution in [0, 0.1) is 0 Å². The molecular weight excluding hydrogens is 372 g/mol. The summed E-state index contributed by atoms with van der Waals surface area (Å²) in [5, 5.41) is 3.40. The van der Waals surface area contributed by atoms with Crippen LogP contribution in [0.1, 0.15) is 12.0 Å². The first kappa shape index (κ1) is 19.7. The highest BCUT2D eigenvalue weighted by Crippen LogP contribution is 2.22. The third kappa shape index (κ3) is 5.70. The predicted molar refractivity (Wildman–Crippen MR) is 121 cm³/mol. The van der Waals surface area contributed by atoms with Gasteiger partial charge in [-0.05, 0) is 54.8 Å². The summed E-state index contributed by atoms with van der Waals surface area (Å²) in [6.07, 6.45) is 7.79. The lowest BCUT2D eigenvalue weighted by atomic mass is 10.1. The molecule has 1 N–H and O–H groups in total. The van der Waals surface area contributed by atoms with Crippen molar-refractivity contribution in [3.8, 4) is 17.0 Å². The molecule has 0 radical (unpaired) electrons. The predicted octanol–water partition coefficient (Wildman–Crippen LogP) is 5.07. The molecule has 0 spiro atoms. The molecule has 0 saturated heterocycles. The fraction of sp³-hybridized carbons (Fsp3) is 0.200. The first-order valence-corrected chi connectivity index (χ1v) is 10.3. The first-order valence-electron chi connectivity index (χ1n) is 10.3. The van der Waals surface area contributed by atoms with Crippen LogP contribution in [0.2, 0.25) is 0 Å². The van der Waals surface area contributed by atoms with Crippen molar-refractivity contribution in [2.45, 2.75) is 19.4 Å². The molecule has 5 heteroatoms. The molecule has 4 rings (SSSR count). The maximum Gasteiger partial charge on any atom is 0.129 e. The summed E-state index contributed by atoms with van der Waals surface area (Å²) >= 11 is 0. The van der Waals surface area contributed by atoms with Gasteiger partial charge in [0.1, 0.15) is 24.5 Å². The van der Waals surface area contributed by atoms with E-state index in [0.717, 1.165) is 48.8 Å². The smallest absolute Gasteiger partial charge is 0.129 e. The quantitative estimate of drug-likeness (QED) is 0.379. The molecule has 5 nitrogen and oxygen atoms in total. The van der Waals surface area contributed by atoms with E-state index in [-0.39, 0.29) is 0 Å². The van der Waals surface area contributed by atoms with Crippen molar-refractivity contribution >= 4 is 5.82 Å². The molecule has 0 fully saturated rings. The molecule has 2 aromatic heterocycles. The van der Waals surface area contributed by atoms with E-state index < -0.39 is 0 Å². The average molecular weight is 399 g/mol. The monoisotopic (exact) mass is 398 g/mol. The van der Waals surface area contributed by atoms with Crippen molar-refractivity contribution in [2.75, 3.05) is 18.5 Å². The fourth-order valence-corrected chi connectivity index (χ4v) is 3.28. The van der Waals surface area contributed by atoms with Gasteiger partial charge in [-0.2, -0.15) is 0 Å². The summed E-state index contributed by atoms with van der Waals surface area (Å²) in [4.78, 5) is 8.76. The summed E-state index contributed by atoms with van der Waals surface area (Å²) in [6.45, 7) is 2.35. The van der Waals surface area contributed by atoms with Crippen LogP contribution < -0.4 is 10.1 Å². The summed E-state index contributed by atoms with van der Waals surface area (Å²) in [5.74, 6) is 1.71. The van der Waals surface area contributed by atoms with E-state index in [1.807, 2.05) is 60.9 Å². The molecule has 4 aromatic rings. The molecule has 152 valence electrons. The van der Waals surface area contributed by atoms with Crippen LogP contribution >= 0.6 is 0 Å². The SMILES string of the molecule is c1ccc(CCCNc2cc(-c3ccc(OCCn4cccc4)cc3)ncn2)cc1. The lowest BCUT2D eigenvalue weighted by Crippen LogP contribution is -2.06. The molecule has 0 bridgehead atoms. The van der Waals surface area contributed by atoms with Crippen LogP contribution in [-0.4, -0.2) is 27.7 Å². The summed E-state index contributed by atoms with van der Waals surface area (Å²) in [6, 6.07) is 24.6. The van der Waals surface area contributed by atoms with E-state index >= 15 is 0 Å². The van der Waals surface area contributed by atoms with Crippen molar-refractivity contribution < 1.29 is 4.74 Å². The number of ether oxygens (including phenoxy) is 1. The minimum atomic E-state index is 0.637. The van der Waals surface area contributed by atoms with Gasteiger partial charge in [0.25, 0.3) is 0 Å². The molecule has 2 heterocycles. The Kier molecular flexibility index (Phi) is 6.74. The Morgan fingerprint density at radius 2 is 1.67 bits per heavy atom. The van der Waals surface area contributed by atoms with Crippen LogP contribution in [0.5, 0.6) is 5.75 Å². The van der Waals surface area contributed by atoms with Gasteiger partial charge >= 0.3 is 0 Å². The third-order valence-electron chi connectivity index (χ3n) is 4.89. The van der Waals surface area contributed by atoms with Gasteiger partial charge in [0.15, 0.2) is 0 Å². The number of anilines is 1. The number of benzene rings is 2. The topological polar surface area (TPSA) is 52.0 Å². The van der Waals surface area contributed by atoms with Crippen LogP contribution in [0.4, 0.5) is 5.82 Å². The Morgan fingerprint density at radius 1 is 0.867 bits per heavy atom. The Morgan fingerprint density at radius 3 is 2.47 bits per heavy atom. The minimum Gasteiger partial charge on any atom is -0.492 e. The number of aromatic nitrogens is 3. The lowest BCUT2D eigenvalue weighted by molar-refractivity contribution is 0.298. The van der Waals surface area contributed by atoms with Crippen LogP contribution in [0.15, 0.2) is 91.5 Å². The van der Waals surface area contributed by atoms with Gasteiger partial charge in [0, 0.05) is 30.6 Å². The molecule has 0 saturated carbocycles. The summed E-state index contributed by atoms with van der Waals surface area (Å²) < 4.78 is 7.93. The van der Waals surface area contributed by atoms with E-state index in [4.69, 9.17) is 4.74 Å². The zero-order chi connectivity index (χ0) is 20.4. The second kappa shape index (κ2) is 10.3. The highest BCUT2D eigenvalue weighted by atomic mass is 16.5. The van der Waals surface area contributed by atoms with Crippen molar-refractivity contribution in [3.05, 3.63) is 97.1 Å². The van der Waals surface area contributed by atoms with Crippen LogP contribution in [-0.2, 0) is 13.0 Å². The van der Waals surface area contributed by atoms with Crippen molar-refractivity contribution in [3.63, 3.8) is 0 Å². The van der Waals surface area contributed by atoms with E-state index in [1.165, 1.54) is 5.56 Å². The molecule has 2 aromatic carbocycles. The Hall–Kier alpha value is -3.60. The van der Waals surface area contributed by atoms with Crippen molar-refractivity contribution in [1.82, 2.24) is 14.5 Å². The number of hydrogen-bond acceptors (Lipinski definition) is 4. The van der Waals surface area contributed by atoms with E-state index in [1.54, 1.807) is 6.33 Å². The molecule has 0 unspecified atom stereocenters. The molecule has 0 aliphatic rings. The Bertz CT molecular complexity index is 1010. The van der Waals surface area contributed by atoms with Gasteiger partial charge < -0.3 is 14.6 Å². The van der Waals surface area contributed by atoms with Crippen LogP contribution in [0.25, 0.3) is 11.3 Å². The normalized spacial score (nSPS) is 10.7. The molecular formula is C25H26N4O. The largest absolute Gasteiger partial charge is 0.492 e. The van der Waals surface area contributed by atoms with Crippen molar-refractivity contribution in [1.29, 1.82) is 0 Å². The fourth-order valence-electron chi connectivity index (χ4n) is 3.28. The average Bonchev–Trinajstić information content (AvgIpc) is 3.32. The number of hydrogen-bond donors (Lipinski definition) is 1. The standard InChI is InChI=1S/C25H26N4O/c1-2-7-21(8-3-1)9-6-14-26-25-19-24(27-20-28-25)22-10-12-23(13-11-22)30-18-17-29-15-4-5-16-29/h1-5,7-8,10-13,15-16,19-20H,6,9,14,17-18H2,(H,26,27,28). The highest BCUT2D eigenvalue weighted by Gasteiger charge is 2.03. The number of aryl methyl sites for hydroxylation is 1. The maximum atomic E-state index is 5.83. The lowest BCUT2D eigenvalue weighted by Gasteiger charge is -2.09. The van der Waals surface area contributed by atoms with Gasteiger partial charge in [-0.25, -0.2) is 9.97 Å². The van der Waals surface area contributed by atoms with Gasteiger partial charge in [-0.1, -0.05) is 30.3 Å². The van der Waals surface area contributed by atoms with Gasteiger partial charge in [-0.3, -0.25) is 0 Å². The zero-order valence-electron chi connectivity index (χ0n) is 16.9. The summed E-state index contributed by atoms with van der Waals surface area (Å²) in [7, 11) is 0. The van der Waals surface area contributed by atoms with E-state index in [0.29, 0.717) is 6.61 Å². The minimum absolute atomic E-state index is 0.637. The number of rotatable bonds is 10. The van der Waals surface area contributed by atoms with E-state index in [2.05, 4.69) is 44.1 Å². The zero-order valence-corrected chi connectivity index (χ0v) is 16.9. The molecule has 0 atom stereocenters. The molecule has 0 aliphatic carbocycles. The maximum absolute atomic E-state index is 5.83. The molecule has 30 heavy (non-hydrogen) atoms. The van der Waals surface area contributed by atoms with E-state index in [9.17, 15) is 0 Å². The second-order valence-corrected chi connectivity index (χ2v) is 7.10. The third-order valence-corrected chi connectivity index (χ3v) is 4.89. The van der Waals surface area contributed by atoms with Gasteiger partial charge in [0.2, 0.25) is 0 Å². The molecule has 0 aliphatic heterocycles. The van der Waals surface area contributed by atoms with Crippen LogP contribution in [0.3, 0.4) is 0 Å². The Balaban J connectivity index is 1.27.